The summed E-state index contributed by atoms with van der Waals surface area (Å²) < 4.78 is 0. The maximum Gasteiger partial charge on any atom is 0.0546 e. The third-order valence-electron chi connectivity index (χ3n) is 11.7. The van der Waals surface area contributed by atoms with Gasteiger partial charge in [0.2, 0.25) is 0 Å². The van der Waals surface area contributed by atoms with Crippen LogP contribution in [0.3, 0.4) is 0 Å². The molecule has 0 radical (unpaired) electrons. The van der Waals surface area contributed by atoms with E-state index in [9.17, 15) is 0 Å². The standard InChI is InChI=1S/C56H58N2/c1-33(2)43-13-15-49-51-32-56(58(47-25-39(9)19-40(10)26-47)48-27-41(11)20-42(12)28-48)54-30-44(34(3)4)14-16-50(54)52(51)31-55(53(49)29-43)57(45-21-35(5)17-36(6)22-45)46-23-37(7)18-38(8)24-46/h13-34H,1-12H3. The molecule has 0 heterocycles. The fraction of sp³-hybridized carbons (Fsp3) is 0.250. The van der Waals surface area contributed by atoms with Gasteiger partial charge in [0.1, 0.15) is 0 Å². The Morgan fingerprint density at radius 1 is 0.276 bits per heavy atom. The molecular formula is C56H58N2. The van der Waals surface area contributed by atoms with Gasteiger partial charge in [-0.25, -0.2) is 0 Å². The predicted octanol–water partition coefficient (Wildman–Crippen LogP) is 16.8. The van der Waals surface area contributed by atoms with Crippen LogP contribution < -0.4 is 9.80 Å². The zero-order chi connectivity index (χ0) is 41.2. The number of anilines is 6. The Balaban J connectivity index is 1.56. The Morgan fingerprint density at radius 3 is 0.776 bits per heavy atom. The number of fused-ring (bicyclic) bond motifs is 5. The van der Waals surface area contributed by atoms with Gasteiger partial charge in [0.25, 0.3) is 0 Å². The molecule has 0 amide bonds. The highest BCUT2D eigenvalue weighted by Gasteiger charge is 2.24. The van der Waals surface area contributed by atoms with Gasteiger partial charge in [0, 0.05) is 33.5 Å². The minimum Gasteiger partial charge on any atom is -0.310 e. The van der Waals surface area contributed by atoms with Crippen molar-refractivity contribution in [2.75, 3.05) is 9.80 Å². The number of aryl methyl sites for hydroxylation is 8. The van der Waals surface area contributed by atoms with Gasteiger partial charge >= 0.3 is 0 Å². The molecule has 0 N–H and O–H groups in total. The second-order valence-corrected chi connectivity index (χ2v) is 17.9. The Morgan fingerprint density at radius 2 is 0.534 bits per heavy atom. The summed E-state index contributed by atoms with van der Waals surface area (Å²) in [6.45, 7) is 26.9. The second-order valence-electron chi connectivity index (χ2n) is 17.9. The van der Waals surface area contributed by atoms with Crippen molar-refractivity contribution in [3.8, 4) is 0 Å². The number of hydrogen-bond donors (Lipinski definition) is 0. The molecule has 0 fully saturated rings. The van der Waals surface area contributed by atoms with Gasteiger partial charge in [-0.3, -0.25) is 0 Å². The van der Waals surface area contributed by atoms with Crippen LogP contribution in [-0.4, -0.2) is 0 Å². The maximum absolute atomic E-state index is 2.52. The lowest BCUT2D eigenvalue weighted by Gasteiger charge is -2.31. The molecule has 0 saturated carbocycles. The molecule has 2 heteroatoms. The summed E-state index contributed by atoms with van der Waals surface area (Å²) in [6.07, 6.45) is 0. The predicted molar refractivity (Wildman–Crippen MR) is 254 cm³/mol. The van der Waals surface area contributed by atoms with Crippen molar-refractivity contribution in [3.63, 3.8) is 0 Å². The van der Waals surface area contributed by atoms with Crippen LogP contribution in [0.5, 0.6) is 0 Å². The molecule has 2 nitrogen and oxygen atoms in total. The molecule has 0 bridgehead atoms. The number of benzene rings is 8. The summed E-state index contributed by atoms with van der Waals surface area (Å²) in [6, 6.07) is 47.3. The Kier molecular flexibility index (Phi) is 10.2. The van der Waals surface area contributed by atoms with E-state index < -0.39 is 0 Å². The monoisotopic (exact) mass is 758 g/mol. The highest BCUT2D eigenvalue weighted by atomic mass is 15.2. The summed E-state index contributed by atoms with van der Waals surface area (Å²) in [5.74, 6) is 0.769. The van der Waals surface area contributed by atoms with Crippen LogP contribution in [0, 0.1) is 55.4 Å². The van der Waals surface area contributed by atoms with Crippen LogP contribution in [0.2, 0.25) is 0 Å². The third kappa shape index (κ3) is 7.37. The summed E-state index contributed by atoms with van der Waals surface area (Å²) in [5, 5.41) is 7.54. The van der Waals surface area contributed by atoms with Crippen molar-refractivity contribution in [1.29, 1.82) is 0 Å². The Hall–Kier alpha value is -5.86. The molecule has 8 aromatic rings. The zero-order valence-electron chi connectivity index (χ0n) is 36.6. The van der Waals surface area contributed by atoms with E-state index in [2.05, 4.69) is 214 Å². The van der Waals surface area contributed by atoms with Crippen molar-refractivity contribution in [2.45, 2.75) is 94.9 Å². The van der Waals surface area contributed by atoms with Crippen molar-refractivity contribution >= 4 is 66.4 Å². The van der Waals surface area contributed by atoms with E-state index in [1.165, 1.54) is 122 Å². The molecule has 0 aliphatic heterocycles. The molecule has 8 rings (SSSR count). The van der Waals surface area contributed by atoms with Crippen molar-refractivity contribution < 1.29 is 0 Å². The summed E-state index contributed by atoms with van der Waals surface area (Å²) in [7, 11) is 0. The van der Waals surface area contributed by atoms with E-state index >= 15 is 0 Å². The number of rotatable bonds is 8. The van der Waals surface area contributed by atoms with Crippen LogP contribution in [0.4, 0.5) is 34.1 Å². The van der Waals surface area contributed by atoms with E-state index in [0.717, 1.165) is 0 Å². The lowest BCUT2D eigenvalue weighted by molar-refractivity contribution is 0.868. The fourth-order valence-corrected chi connectivity index (χ4v) is 9.31. The Labute approximate surface area is 346 Å². The van der Waals surface area contributed by atoms with E-state index in [-0.39, 0.29) is 0 Å². The molecule has 292 valence electrons. The van der Waals surface area contributed by atoms with E-state index in [0.29, 0.717) is 11.8 Å². The first-order valence-electron chi connectivity index (χ1n) is 21.0. The van der Waals surface area contributed by atoms with Crippen molar-refractivity contribution in [3.05, 3.63) is 177 Å². The first-order chi connectivity index (χ1) is 27.6. The van der Waals surface area contributed by atoms with Crippen molar-refractivity contribution in [2.24, 2.45) is 0 Å². The normalized spacial score (nSPS) is 11.8. The van der Waals surface area contributed by atoms with Gasteiger partial charge in [0.05, 0.1) is 11.4 Å². The van der Waals surface area contributed by atoms with Crippen LogP contribution in [0.15, 0.2) is 121 Å². The largest absolute Gasteiger partial charge is 0.310 e. The lowest BCUT2D eigenvalue weighted by atomic mass is 9.89. The third-order valence-corrected chi connectivity index (χ3v) is 11.7. The summed E-state index contributed by atoms with van der Waals surface area (Å²) in [4.78, 5) is 5.04. The molecular weight excluding hydrogens is 701 g/mol. The lowest BCUT2D eigenvalue weighted by Crippen LogP contribution is -2.13. The number of hydrogen-bond acceptors (Lipinski definition) is 2. The molecule has 0 aliphatic rings. The molecule has 58 heavy (non-hydrogen) atoms. The second kappa shape index (κ2) is 15.1. The average Bonchev–Trinajstić information content (AvgIpc) is 3.13. The molecule has 8 aromatic carbocycles. The van der Waals surface area contributed by atoms with Crippen LogP contribution >= 0.6 is 0 Å². The average molecular weight is 759 g/mol. The maximum atomic E-state index is 2.52. The minimum absolute atomic E-state index is 0.384. The molecule has 0 aromatic heterocycles. The van der Waals surface area contributed by atoms with Gasteiger partial charge in [-0.1, -0.05) is 76.2 Å². The first kappa shape index (κ1) is 39.0. The SMILES string of the molecule is Cc1cc(C)cc(N(c2cc(C)cc(C)c2)c2cc3c4ccc(C(C)C)cc4c(N(c4cc(C)cc(C)c4)c4cc(C)cc(C)c4)cc3c3ccc(C(C)C)cc23)c1. The molecule has 0 aliphatic carbocycles. The Bertz CT molecular complexity index is 2510. The fourth-order valence-electron chi connectivity index (χ4n) is 9.31. The molecule has 0 spiro atoms. The van der Waals surface area contributed by atoms with Crippen molar-refractivity contribution in [1.82, 2.24) is 0 Å². The summed E-state index contributed by atoms with van der Waals surface area (Å²) in [5.41, 5.74) is 19.8. The van der Waals surface area contributed by atoms with Gasteiger partial charge < -0.3 is 9.80 Å². The highest BCUT2D eigenvalue weighted by molar-refractivity contribution is 6.24. The molecule has 0 saturated heterocycles. The summed E-state index contributed by atoms with van der Waals surface area (Å²) >= 11 is 0. The zero-order valence-corrected chi connectivity index (χ0v) is 36.6. The van der Waals surface area contributed by atoms with Gasteiger partial charge in [-0.05, 0) is 217 Å². The topological polar surface area (TPSA) is 6.48 Å². The van der Waals surface area contributed by atoms with Gasteiger partial charge in [0.15, 0.2) is 0 Å². The quantitative estimate of drug-likeness (QED) is 0.142. The minimum atomic E-state index is 0.384. The van der Waals surface area contributed by atoms with Crippen LogP contribution in [-0.2, 0) is 0 Å². The van der Waals surface area contributed by atoms with Crippen LogP contribution in [0.1, 0.15) is 95.2 Å². The first-order valence-corrected chi connectivity index (χ1v) is 21.0. The van der Waals surface area contributed by atoms with Crippen LogP contribution in [0.25, 0.3) is 32.3 Å². The van der Waals surface area contributed by atoms with Gasteiger partial charge in [-0.2, -0.15) is 0 Å². The van der Waals surface area contributed by atoms with Gasteiger partial charge in [-0.15, -0.1) is 0 Å². The van der Waals surface area contributed by atoms with E-state index in [1.54, 1.807) is 0 Å². The molecule has 0 atom stereocenters. The van der Waals surface area contributed by atoms with E-state index in [4.69, 9.17) is 0 Å². The number of nitrogens with zero attached hydrogens (tertiary/aromatic N) is 2. The smallest absolute Gasteiger partial charge is 0.0546 e. The molecule has 0 unspecified atom stereocenters. The van der Waals surface area contributed by atoms with E-state index in [1.807, 2.05) is 0 Å². The highest BCUT2D eigenvalue weighted by Crippen LogP contribution is 2.49.